The molecule has 0 radical (unpaired) electrons. The van der Waals surface area contributed by atoms with E-state index in [1.807, 2.05) is 25.1 Å². The van der Waals surface area contributed by atoms with E-state index in [0.29, 0.717) is 17.7 Å². The van der Waals surface area contributed by atoms with Crippen LogP contribution in [-0.2, 0) is 13.1 Å². The highest BCUT2D eigenvalue weighted by Crippen LogP contribution is 2.35. The summed E-state index contributed by atoms with van der Waals surface area (Å²) in [5.41, 5.74) is 3.80. The molecule has 0 saturated carbocycles. The monoisotopic (exact) mass is 416 g/mol. The van der Waals surface area contributed by atoms with Gasteiger partial charge in [0.15, 0.2) is 17.4 Å². The SMILES string of the molecule is CC[C@H](Nc1cccc2c1CNC2)c1ccc(F)c(Oc2ccccc2)c1F.Cl. The number of hydrogen-bond acceptors (Lipinski definition) is 3. The lowest BCUT2D eigenvalue weighted by atomic mass is 10.0. The lowest BCUT2D eigenvalue weighted by molar-refractivity contribution is 0.402. The molecule has 152 valence electrons. The Morgan fingerprint density at radius 2 is 1.79 bits per heavy atom. The van der Waals surface area contributed by atoms with Crippen LogP contribution >= 0.6 is 12.4 Å². The van der Waals surface area contributed by atoms with Crippen molar-refractivity contribution in [2.24, 2.45) is 0 Å². The standard InChI is InChI=1S/C23H22F2N2O.ClH/c1-2-20(27-21-10-6-7-15-13-26-14-18(15)21)17-11-12-19(24)23(22(17)25)28-16-8-4-3-5-9-16;/h3-12,20,26-27H,2,13-14H2,1H3;1H/t20-;/m0./s1. The second kappa shape index (κ2) is 9.25. The maximum atomic E-state index is 15.2. The maximum absolute atomic E-state index is 15.2. The maximum Gasteiger partial charge on any atom is 0.198 e. The van der Waals surface area contributed by atoms with Crippen molar-refractivity contribution in [1.82, 2.24) is 5.32 Å². The van der Waals surface area contributed by atoms with E-state index in [4.69, 9.17) is 4.74 Å². The highest BCUT2D eigenvalue weighted by molar-refractivity contribution is 5.85. The number of para-hydroxylation sites is 1. The molecule has 1 heterocycles. The molecule has 0 spiro atoms. The number of halogens is 3. The van der Waals surface area contributed by atoms with Gasteiger partial charge in [0, 0.05) is 24.3 Å². The smallest absolute Gasteiger partial charge is 0.198 e. The van der Waals surface area contributed by atoms with Gasteiger partial charge in [0.25, 0.3) is 0 Å². The van der Waals surface area contributed by atoms with Crippen molar-refractivity contribution < 1.29 is 13.5 Å². The number of nitrogens with one attached hydrogen (secondary N) is 2. The highest BCUT2D eigenvalue weighted by atomic mass is 35.5. The van der Waals surface area contributed by atoms with Crippen molar-refractivity contribution in [3.8, 4) is 11.5 Å². The molecular weight excluding hydrogens is 394 g/mol. The van der Waals surface area contributed by atoms with E-state index in [1.165, 1.54) is 23.3 Å². The topological polar surface area (TPSA) is 33.3 Å². The minimum Gasteiger partial charge on any atom is -0.451 e. The van der Waals surface area contributed by atoms with Crippen molar-refractivity contribution in [3.63, 3.8) is 0 Å². The van der Waals surface area contributed by atoms with Gasteiger partial charge in [0.2, 0.25) is 0 Å². The van der Waals surface area contributed by atoms with Crippen LogP contribution in [0.15, 0.2) is 60.7 Å². The van der Waals surface area contributed by atoms with Crippen LogP contribution in [0.25, 0.3) is 0 Å². The van der Waals surface area contributed by atoms with Crippen LogP contribution in [0.1, 0.15) is 36.1 Å². The highest BCUT2D eigenvalue weighted by Gasteiger charge is 2.23. The van der Waals surface area contributed by atoms with Crippen LogP contribution in [-0.4, -0.2) is 0 Å². The van der Waals surface area contributed by atoms with E-state index in [9.17, 15) is 4.39 Å². The summed E-state index contributed by atoms with van der Waals surface area (Å²) in [6, 6.07) is 17.2. The fourth-order valence-corrected chi connectivity index (χ4v) is 3.57. The van der Waals surface area contributed by atoms with Crippen molar-refractivity contribution in [2.45, 2.75) is 32.5 Å². The quantitative estimate of drug-likeness (QED) is 0.491. The van der Waals surface area contributed by atoms with E-state index >= 15 is 4.39 Å². The minimum atomic E-state index is -0.718. The molecule has 0 aliphatic carbocycles. The summed E-state index contributed by atoms with van der Waals surface area (Å²) in [6.07, 6.45) is 0.643. The molecule has 1 aliphatic heterocycles. The summed E-state index contributed by atoms with van der Waals surface area (Å²) < 4.78 is 35.0. The predicted octanol–water partition coefficient (Wildman–Crippen LogP) is 6.35. The van der Waals surface area contributed by atoms with Gasteiger partial charge in [0.1, 0.15) is 5.75 Å². The first-order valence-corrected chi connectivity index (χ1v) is 9.46. The van der Waals surface area contributed by atoms with Crippen molar-refractivity contribution in [1.29, 1.82) is 0 Å². The first kappa shape index (κ1) is 21.1. The van der Waals surface area contributed by atoms with Crippen LogP contribution in [0, 0.1) is 11.6 Å². The Hall–Kier alpha value is -2.63. The van der Waals surface area contributed by atoms with Gasteiger partial charge in [-0.2, -0.15) is 0 Å². The fourth-order valence-electron chi connectivity index (χ4n) is 3.57. The average molecular weight is 417 g/mol. The number of hydrogen-bond donors (Lipinski definition) is 2. The Bertz CT molecular complexity index is 982. The zero-order valence-electron chi connectivity index (χ0n) is 16.0. The molecule has 29 heavy (non-hydrogen) atoms. The van der Waals surface area contributed by atoms with E-state index in [2.05, 4.69) is 16.7 Å². The largest absolute Gasteiger partial charge is 0.451 e. The zero-order valence-corrected chi connectivity index (χ0v) is 16.9. The summed E-state index contributed by atoms with van der Waals surface area (Å²) >= 11 is 0. The lowest BCUT2D eigenvalue weighted by Gasteiger charge is -2.22. The lowest BCUT2D eigenvalue weighted by Crippen LogP contribution is -2.14. The molecule has 0 bridgehead atoms. The first-order valence-electron chi connectivity index (χ1n) is 9.46. The van der Waals surface area contributed by atoms with Crippen LogP contribution in [0.2, 0.25) is 0 Å². The Morgan fingerprint density at radius 3 is 2.55 bits per heavy atom. The van der Waals surface area contributed by atoms with E-state index in [-0.39, 0.29) is 24.2 Å². The third-order valence-electron chi connectivity index (χ3n) is 5.05. The van der Waals surface area contributed by atoms with Crippen molar-refractivity contribution in [3.05, 3.63) is 89.0 Å². The number of ether oxygens (including phenoxy) is 1. The molecule has 4 rings (SSSR count). The van der Waals surface area contributed by atoms with Crippen LogP contribution in [0.3, 0.4) is 0 Å². The predicted molar refractivity (Wildman–Crippen MR) is 114 cm³/mol. The summed E-state index contributed by atoms with van der Waals surface area (Å²) in [4.78, 5) is 0. The molecule has 0 saturated heterocycles. The first-order chi connectivity index (χ1) is 13.7. The van der Waals surface area contributed by atoms with Crippen LogP contribution in [0.5, 0.6) is 11.5 Å². The molecule has 6 heteroatoms. The third kappa shape index (κ3) is 4.36. The molecule has 3 aromatic rings. The second-order valence-electron chi connectivity index (χ2n) is 6.85. The Kier molecular flexibility index (Phi) is 6.72. The van der Waals surface area contributed by atoms with E-state index in [1.54, 1.807) is 24.3 Å². The molecular formula is C23H23ClF2N2O. The molecule has 3 nitrogen and oxygen atoms in total. The molecule has 0 fully saturated rings. The van der Waals surface area contributed by atoms with Gasteiger partial charge in [-0.25, -0.2) is 8.78 Å². The van der Waals surface area contributed by atoms with Crippen molar-refractivity contribution >= 4 is 18.1 Å². The van der Waals surface area contributed by atoms with Gasteiger partial charge in [-0.3, -0.25) is 0 Å². The molecule has 1 atom stereocenters. The molecule has 0 amide bonds. The van der Waals surface area contributed by atoms with E-state index in [0.717, 1.165) is 18.8 Å². The number of benzene rings is 3. The minimum absolute atomic E-state index is 0. The molecule has 1 aliphatic rings. The van der Waals surface area contributed by atoms with Gasteiger partial charge in [-0.1, -0.05) is 43.3 Å². The number of fused-ring (bicyclic) bond motifs is 1. The second-order valence-corrected chi connectivity index (χ2v) is 6.85. The fraction of sp³-hybridized carbons (Fsp3) is 0.217. The van der Waals surface area contributed by atoms with Crippen molar-refractivity contribution in [2.75, 3.05) is 5.32 Å². The van der Waals surface area contributed by atoms with Gasteiger partial charge in [-0.15, -0.1) is 12.4 Å². The Morgan fingerprint density at radius 1 is 1.00 bits per heavy atom. The van der Waals surface area contributed by atoms with Crippen LogP contribution in [0.4, 0.5) is 14.5 Å². The summed E-state index contributed by atoms with van der Waals surface area (Å²) in [7, 11) is 0. The molecule has 2 N–H and O–H groups in total. The summed E-state index contributed by atoms with van der Waals surface area (Å²) in [6.45, 7) is 3.59. The number of rotatable bonds is 6. The summed E-state index contributed by atoms with van der Waals surface area (Å²) in [5, 5.41) is 6.77. The molecule has 3 aromatic carbocycles. The van der Waals surface area contributed by atoms with Gasteiger partial charge in [0.05, 0.1) is 6.04 Å². The van der Waals surface area contributed by atoms with Gasteiger partial charge >= 0.3 is 0 Å². The average Bonchev–Trinajstić information content (AvgIpc) is 3.20. The Balaban J connectivity index is 0.00000240. The number of anilines is 1. The Labute approximate surface area is 175 Å². The zero-order chi connectivity index (χ0) is 19.5. The molecule has 0 unspecified atom stereocenters. The van der Waals surface area contributed by atoms with Gasteiger partial charge in [-0.05, 0) is 41.8 Å². The molecule has 0 aromatic heterocycles. The normalized spacial score (nSPS) is 13.3. The van der Waals surface area contributed by atoms with Gasteiger partial charge < -0.3 is 15.4 Å². The van der Waals surface area contributed by atoms with Crippen LogP contribution < -0.4 is 15.4 Å². The third-order valence-corrected chi connectivity index (χ3v) is 5.05. The van der Waals surface area contributed by atoms with E-state index < -0.39 is 11.6 Å². The summed E-state index contributed by atoms with van der Waals surface area (Å²) in [5.74, 6) is -1.37.